The molecule has 1 N–H and O–H groups in total. The number of alkyl halides is 1. The summed E-state index contributed by atoms with van der Waals surface area (Å²) in [7, 11) is 3.16. The van der Waals surface area contributed by atoms with E-state index in [9.17, 15) is 4.79 Å². The van der Waals surface area contributed by atoms with Crippen LogP contribution in [0.4, 0.5) is 0 Å². The van der Waals surface area contributed by atoms with Gasteiger partial charge in [-0.3, -0.25) is 4.79 Å². The highest BCUT2D eigenvalue weighted by Gasteiger charge is 2.03. The maximum Gasteiger partial charge on any atom is 0.235 e. The molecule has 5 heteroatoms. The highest BCUT2D eigenvalue weighted by molar-refractivity contribution is 6.27. The van der Waals surface area contributed by atoms with Gasteiger partial charge in [0.2, 0.25) is 5.91 Å². The van der Waals surface area contributed by atoms with E-state index in [2.05, 4.69) is 5.32 Å². The van der Waals surface area contributed by atoms with E-state index in [4.69, 9.17) is 21.1 Å². The molecule has 0 saturated carbocycles. The maximum atomic E-state index is 11.0. The molecule has 0 fully saturated rings. The summed E-state index contributed by atoms with van der Waals surface area (Å²) >= 11 is 5.37. The van der Waals surface area contributed by atoms with Crippen LogP contribution in [-0.4, -0.2) is 26.0 Å². The van der Waals surface area contributed by atoms with Crippen molar-refractivity contribution >= 4 is 17.5 Å². The fraction of sp³-hybridized carbons (Fsp3) is 0.364. The first-order valence-corrected chi connectivity index (χ1v) is 5.27. The van der Waals surface area contributed by atoms with E-state index in [0.717, 1.165) is 5.56 Å². The topological polar surface area (TPSA) is 47.6 Å². The number of benzene rings is 1. The molecule has 0 saturated heterocycles. The first-order chi connectivity index (χ1) is 7.69. The molecule has 4 nitrogen and oxygen atoms in total. The van der Waals surface area contributed by atoms with E-state index < -0.39 is 0 Å². The number of nitrogens with one attached hydrogen (secondary N) is 1. The molecular weight excluding hydrogens is 230 g/mol. The number of carbonyl (C=O) groups is 1. The van der Waals surface area contributed by atoms with Crippen LogP contribution in [0.1, 0.15) is 5.56 Å². The van der Waals surface area contributed by atoms with Gasteiger partial charge in [0.25, 0.3) is 0 Å². The van der Waals surface area contributed by atoms with E-state index in [1.54, 1.807) is 20.3 Å². The van der Waals surface area contributed by atoms with Crippen molar-refractivity contribution < 1.29 is 14.3 Å². The average molecular weight is 244 g/mol. The van der Waals surface area contributed by atoms with Crippen molar-refractivity contribution in [2.24, 2.45) is 0 Å². The van der Waals surface area contributed by atoms with Crippen LogP contribution in [0.2, 0.25) is 0 Å². The Bertz CT molecular complexity index is 346. The maximum absolute atomic E-state index is 11.0. The Hall–Kier alpha value is -1.42. The number of amides is 1. The summed E-state index contributed by atoms with van der Waals surface area (Å²) in [4.78, 5) is 11.0. The normalized spacial score (nSPS) is 9.69. The van der Waals surface area contributed by atoms with E-state index in [1.807, 2.05) is 12.1 Å². The van der Waals surface area contributed by atoms with Crippen molar-refractivity contribution in [3.63, 3.8) is 0 Å². The van der Waals surface area contributed by atoms with E-state index in [0.29, 0.717) is 18.0 Å². The van der Waals surface area contributed by atoms with Crippen molar-refractivity contribution in [2.45, 2.75) is 6.54 Å². The van der Waals surface area contributed by atoms with Crippen LogP contribution in [0.25, 0.3) is 0 Å². The van der Waals surface area contributed by atoms with Crippen molar-refractivity contribution in [3.05, 3.63) is 23.8 Å². The fourth-order valence-corrected chi connectivity index (χ4v) is 1.31. The van der Waals surface area contributed by atoms with Gasteiger partial charge in [0.15, 0.2) is 0 Å². The Kier molecular flexibility index (Phi) is 4.92. The fourth-order valence-electron chi connectivity index (χ4n) is 1.22. The lowest BCUT2D eigenvalue weighted by Gasteiger charge is -2.08. The SMILES string of the molecule is COc1cc(CNC(=O)CCl)cc(OC)c1. The predicted molar refractivity (Wildman–Crippen MR) is 62.1 cm³/mol. The zero-order chi connectivity index (χ0) is 12.0. The van der Waals surface area contributed by atoms with Crippen LogP contribution in [0, 0.1) is 0 Å². The molecule has 16 heavy (non-hydrogen) atoms. The summed E-state index contributed by atoms with van der Waals surface area (Å²) in [6.45, 7) is 0.402. The molecule has 1 rings (SSSR count). The highest BCUT2D eigenvalue weighted by atomic mass is 35.5. The minimum absolute atomic E-state index is 0.0406. The summed E-state index contributed by atoms with van der Waals surface area (Å²) in [6.07, 6.45) is 0. The van der Waals surface area contributed by atoms with E-state index in [1.165, 1.54) is 0 Å². The average Bonchev–Trinajstić information content (AvgIpc) is 2.35. The van der Waals surface area contributed by atoms with Crippen molar-refractivity contribution in [3.8, 4) is 11.5 Å². The lowest BCUT2D eigenvalue weighted by Crippen LogP contribution is -2.23. The second-order valence-electron chi connectivity index (χ2n) is 3.13. The van der Waals surface area contributed by atoms with Crippen LogP contribution < -0.4 is 14.8 Å². The smallest absolute Gasteiger partial charge is 0.235 e. The summed E-state index contributed by atoms with van der Waals surface area (Å²) < 4.78 is 10.2. The van der Waals surface area contributed by atoms with Gasteiger partial charge in [0.1, 0.15) is 17.4 Å². The van der Waals surface area contributed by atoms with Crippen LogP contribution in [-0.2, 0) is 11.3 Å². The Morgan fingerprint density at radius 2 is 1.81 bits per heavy atom. The molecule has 1 aromatic carbocycles. The molecule has 0 unspecified atom stereocenters. The molecule has 0 atom stereocenters. The van der Waals surface area contributed by atoms with Crippen LogP contribution >= 0.6 is 11.6 Å². The second-order valence-corrected chi connectivity index (χ2v) is 3.40. The summed E-state index contributed by atoms with van der Waals surface area (Å²) in [6, 6.07) is 5.43. The Morgan fingerprint density at radius 3 is 2.25 bits per heavy atom. The lowest BCUT2D eigenvalue weighted by atomic mass is 10.2. The first-order valence-electron chi connectivity index (χ1n) is 4.74. The number of halogens is 1. The summed E-state index contributed by atoms with van der Waals surface area (Å²) in [5.41, 5.74) is 0.898. The number of ether oxygens (including phenoxy) is 2. The number of rotatable bonds is 5. The van der Waals surface area contributed by atoms with Gasteiger partial charge >= 0.3 is 0 Å². The van der Waals surface area contributed by atoms with Crippen LogP contribution in [0.15, 0.2) is 18.2 Å². The zero-order valence-electron chi connectivity index (χ0n) is 9.25. The molecule has 0 aliphatic rings. The highest BCUT2D eigenvalue weighted by Crippen LogP contribution is 2.22. The summed E-state index contributed by atoms with van der Waals surface area (Å²) in [5.74, 6) is 1.13. The Labute approximate surface area is 99.5 Å². The third-order valence-electron chi connectivity index (χ3n) is 2.02. The monoisotopic (exact) mass is 243 g/mol. The van der Waals surface area contributed by atoms with Crippen LogP contribution in [0.3, 0.4) is 0 Å². The van der Waals surface area contributed by atoms with Crippen molar-refractivity contribution in [2.75, 3.05) is 20.1 Å². The molecule has 1 aromatic rings. The van der Waals surface area contributed by atoms with Gasteiger partial charge in [-0.2, -0.15) is 0 Å². The van der Waals surface area contributed by atoms with Crippen molar-refractivity contribution in [1.82, 2.24) is 5.32 Å². The van der Waals surface area contributed by atoms with Crippen LogP contribution in [0.5, 0.6) is 11.5 Å². The third kappa shape index (κ3) is 3.62. The number of carbonyl (C=O) groups excluding carboxylic acids is 1. The quantitative estimate of drug-likeness (QED) is 0.799. The number of methoxy groups -OCH3 is 2. The third-order valence-corrected chi connectivity index (χ3v) is 2.27. The van der Waals surface area contributed by atoms with Gasteiger partial charge in [-0.1, -0.05) is 0 Å². The van der Waals surface area contributed by atoms with Gasteiger partial charge < -0.3 is 14.8 Å². The van der Waals surface area contributed by atoms with E-state index >= 15 is 0 Å². The Balaban J connectivity index is 2.74. The molecule has 0 radical (unpaired) electrons. The summed E-state index contributed by atoms with van der Waals surface area (Å²) in [5, 5.41) is 2.67. The lowest BCUT2D eigenvalue weighted by molar-refractivity contribution is -0.118. The zero-order valence-corrected chi connectivity index (χ0v) is 10.0. The molecular formula is C11H14ClNO3. The largest absolute Gasteiger partial charge is 0.497 e. The number of hydrogen-bond acceptors (Lipinski definition) is 3. The van der Waals surface area contributed by atoms with E-state index in [-0.39, 0.29) is 11.8 Å². The minimum Gasteiger partial charge on any atom is -0.497 e. The van der Waals surface area contributed by atoms with Gasteiger partial charge in [-0.25, -0.2) is 0 Å². The van der Waals surface area contributed by atoms with Gasteiger partial charge in [0, 0.05) is 12.6 Å². The first kappa shape index (κ1) is 12.6. The standard InChI is InChI=1S/C11H14ClNO3/c1-15-9-3-8(4-10(5-9)16-2)7-13-11(14)6-12/h3-5H,6-7H2,1-2H3,(H,13,14). The minimum atomic E-state index is -0.205. The second kappa shape index (κ2) is 6.23. The molecule has 0 heterocycles. The molecule has 0 aliphatic carbocycles. The van der Waals surface area contributed by atoms with Gasteiger partial charge in [0.05, 0.1) is 14.2 Å². The molecule has 88 valence electrons. The predicted octanol–water partition coefficient (Wildman–Crippen LogP) is 1.56. The Morgan fingerprint density at radius 1 is 1.25 bits per heavy atom. The molecule has 0 spiro atoms. The number of hydrogen-bond donors (Lipinski definition) is 1. The molecule has 0 aromatic heterocycles. The molecule has 0 bridgehead atoms. The van der Waals surface area contributed by atoms with Crippen molar-refractivity contribution in [1.29, 1.82) is 0 Å². The molecule has 0 aliphatic heterocycles. The van der Waals surface area contributed by atoms with Gasteiger partial charge in [-0.05, 0) is 17.7 Å². The molecule has 1 amide bonds. The van der Waals surface area contributed by atoms with Gasteiger partial charge in [-0.15, -0.1) is 11.6 Å².